The molecule has 2 amide bonds. The summed E-state index contributed by atoms with van der Waals surface area (Å²) in [6, 6.07) is 2.88. The first kappa shape index (κ1) is 9.20. The van der Waals surface area contributed by atoms with Gasteiger partial charge in [-0.15, -0.1) is 5.10 Å². The highest BCUT2D eigenvalue weighted by Crippen LogP contribution is 2.16. The van der Waals surface area contributed by atoms with Gasteiger partial charge in [0.15, 0.2) is 0 Å². The third kappa shape index (κ3) is 1.78. The normalized spacial score (nSPS) is 14.4. The van der Waals surface area contributed by atoms with Gasteiger partial charge in [0.1, 0.15) is 5.69 Å². The highest BCUT2D eigenvalue weighted by molar-refractivity contribution is 5.84. The summed E-state index contributed by atoms with van der Waals surface area (Å²) in [4.78, 5) is 11.1. The summed E-state index contributed by atoms with van der Waals surface area (Å²) in [6.07, 6.45) is 6.64. The number of carbonyl (C=O) groups excluding carboxylic acids is 1. The van der Waals surface area contributed by atoms with E-state index in [4.69, 9.17) is 5.73 Å². The van der Waals surface area contributed by atoms with Crippen LogP contribution < -0.4 is 11.2 Å². The second-order valence-electron chi connectivity index (χ2n) is 2.82. The van der Waals surface area contributed by atoms with Crippen LogP contribution in [0.15, 0.2) is 36.7 Å². The van der Waals surface area contributed by atoms with E-state index in [0.717, 1.165) is 0 Å². The van der Waals surface area contributed by atoms with Gasteiger partial charge in [-0.2, -0.15) is 5.10 Å². The number of carbonyl (C=O) groups is 1. The lowest BCUT2D eigenvalue weighted by molar-refractivity contribution is 0.218. The number of nitrogens with one attached hydrogen (secondary N) is 1. The standard InChI is InChI=1S/C9H9N5O/c10-9(15)14-8(4-2-6-12-14)7-3-1-5-11-13-7/h1-6,12H,(H2,10,15). The van der Waals surface area contributed by atoms with Gasteiger partial charge in [0.2, 0.25) is 0 Å². The Balaban J connectivity index is 2.38. The van der Waals surface area contributed by atoms with E-state index in [1.807, 2.05) is 0 Å². The molecule has 0 spiro atoms. The molecule has 0 unspecified atom stereocenters. The first-order valence-electron chi connectivity index (χ1n) is 4.29. The van der Waals surface area contributed by atoms with Crippen LogP contribution in [0.25, 0.3) is 5.70 Å². The van der Waals surface area contributed by atoms with Crippen LogP contribution in [-0.2, 0) is 0 Å². The van der Waals surface area contributed by atoms with E-state index in [1.165, 1.54) is 5.01 Å². The number of hydrogen-bond donors (Lipinski definition) is 2. The average molecular weight is 203 g/mol. The van der Waals surface area contributed by atoms with Crippen molar-refractivity contribution in [2.75, 3.05) is 0 Å². The zero-order valence-corrected chi connectivity index (χ0v) is 7.79. The molecule has 0 saturated carbocycles. The van der Waals surface area contributed by atoms with Gasteiger partial charge >= 0.3 is 6.03 Å². The van der Waals surface area contributed by atoms with Gasteiger partial charge in [-0.25, -0.2) is 9.80 Å². The summed E-state index contributed by atoms with van der Waals surface area (Å²) < 4.78 is 0. The number of rotatable bonds is 1. The molecule has 2 rings (SSSR count). The highest BCUT2D eigenvalue weighted by atomic mass is 16.2. The van der Waals surface area contributed by atoms with Crippen molar-refractivity contribution >= 4 is 11.7 Å². The number of urea groups is 1. The molecular formula is C9H9N5O. The lowest BCUT2D eigenvalue weighted by Crippen LogP contribution is -2.43. The zero-order chi connectivity index (χ0) is 10.7. The summed E-state index contributed by atoms with van der Waals surface area (Å²) in [5, 5.41) is 8.82. The summed E-state index contributed by atoms with van der Waals surface area (Å²) in [6.45, 7) is 0. The molecule has 0 aliphatic carbocycles. The molecule has 0 bridgehead atoms. The number of nitrogens with two attached hydrogens (primary N) is 1. The Hall–Kier alpha value is -2.37. The number of primary amides is 1. The maximum absolute atomic E-state index is 11.1. The number of allylic oxidation sites excluding steroid dienone is 2. The van der Waals surface area contributed by atoms with E-state index in [9.17, 15) is 4.79 Å². The fourth-order valence-electron chi connectivity index (χ4n) is 1.22. The molecule has 0 radical (unpaired) electrons. The van der Waals surface area contributed by atoms with Crippen LogP contribution in [0.4, 0.5) is 4.79 Å². The van der Waals surface area contributed by atoms with Crippen LogP contribution in [0, 0.1) is 0 Å². The van der Waals surface area contributed by atoms with Crippen molar-refractivity contribution in [1.82, 2.24) is 20.6 Å². The van der Waals surface area contributed by atoms with Crippen LogP contribution in [0.5, 0.6) is 0 Å². The van der Waals surface area contributed by atoms with Gasteiger partial charge < -0.3 is 5.73 Å². The molecule has 1 aromatic heterocycles. The van der Waals surface area contributed by atoms with E-state index in [0.29, 0.717) is 11.4 Å². The second-order valence-corrected chi connectivity index (χ2v) is 2.82. The molecule has 1 aliphatic rings. The van der Waals surface area contributed by atoms with Crippen LogP contribution >= 0.6 is 0 Å². The van der Waals surface area contributed by atoms with Crippen LogP contribution in [0.1, 0.15) is 5.69 Å². The van der Waals surface area contributed by atoms with Crippen LogP contribution in [-0.4, -0.2) is 21.2 Å². The first-order chi connectivity index (χ1) is 7.29. The Morgan fingerprint density at radius 2 is 2.40 bits per heavy atom. The molecule has 6 heteroatoms. The molecule has 0 saturated heterocycles. The van der Waals surface area contributed by atoms with Gasteiger partial charge in [0, 0.05) is 12.4 Å². The fourth-order valence-corrected chi connectivity index (χ4v) is 1.22. The van der Waals surface area contributed by atoms with E-state index in [1.54, 1.807) is 36.7 Å². The molecule has 1 aliphatic heterocycles. The number of nitrogens with zero attached hydrogens (tertiary/aromatic N) is 3. The third-order valence-corrected chi connectivity index (χ3v) is 1.85. The minimum atomic E-state index is -0.601. The number of hydrazine groups is 1. The molecule has 0 atom stereocenters. The van der Waals surface area contributed by atoms with E-state index < -0.39 is 6.03 Å². The molecule has 15 heavy (non-hydrogen) atoms. The van der Waals surface area contributed by atoms with E-state index in [-0.39, 0.29) is 0 Å². The Morgan fingerprint density at radius 1 is 1.53 bits per heavy atom. The zero-order valence-electron chi connectivity index (χ0n) is 7.79. The van der Waals surface area contributed by atoms with E-state index in [2.05, 4.69) is 15.6 Å². The van der Waals surface area contributed by atoms with Gasteiger partial charge in [-0.3, -0.25) is 5.43 Å². The van der Waals surface area contributed by atoms with Gasteiger partial charge in [-0.1, -0.05) is 0 Å². The molecule has 1 aromatic rings. The Kier molecular flexibility index (Phi) is 2.32. The summed E-state index contributed by atoms with van der Waals surface area (Å²) in [5.41, 5.74) is 9.05. The summed E-state index contributed by atoms with van der Waals surface area (Å²) in [5.74, 6) is 0. The molecule has 2 heterocycles. The molecule has 3 N–H and O–H groups in total. The fraction of sp³-hybridized carbons (Fsp3) is 0. The predicted molar refractivity (Wildman–Crippen MR) is 53.7 cm³/mol. The minimum Gasteiger partial charge on any atom is -0.350 e. The maximum Gasteiger partial charge on any atom is 0.338 e. The minimum absolute atomic E-state index is 0.568. The molecular weight excluding hydrogens is 194 g/mol. The average Bonchev–Trinajstić information content (AvgIpc) is 2.30. The van der Waals surface area contributed by atoms with Gasteiger partial charge in [-0.05, 0) is 24.3 Å². The smallest absolute Gasteiger partial charge is 0.338 e. The lowest BCUT2D eigenvalue weighted by atomic mass is 10.2. The van der Waals surface area contributed by atoms with Crippen molar-refractivity contribution in [2.24, 2.45) is 5.73 Å². The third-order valence-electron chi connectivity index (χ3n) is 1.85. The largest absolute Gasteiger partial charge is 0.350 e. The number of hydrogen-bond acceptors (Lipinski definition) is 4. The lowest BCUT2D eigenvalue weighted by Gasteiger charge is -2.24. The van der Waals surface area contributed by atoms with Crippen molar-refractivity contribution in [3.8, 4) is 0 Å². The topological polar surface area (TPSA) is 84.1 Å². The van der Waals surface area contributed by atoms with Crippen molar-refractivity contribution in [1.29, 1.82) is 0 Å². The number of amides is 2. The Labute approximate surface area is 86.1 Å². The van der Waals surface area contributed by atoms with E-state index >= 15 is 0 Å². The van der Waals surface area contributed by atoms with Crippen molar-refractivity contribution < 1.29 is 4.79 Å². The first-order valence-corrected chi connectivity index (χ1v) is 4.29. The quantitative estimate of drug-likeness (QED) is 0.684. The van der Waals surface area contributed by atoms with Crippen LogP contribution in [0.3, 0.4) is 0 Å². The van der Waals surface area contributed by atoms with Crippen molar-refractivity contribution in [2.45, 2.75) is 0 Å². The summed E-state index contributed by atoms with van der Waals surface area (Å²) in [7, 11) is 0. The second kappa shape index (κ2) is 3.79. The Bertz CT molecular complexity index is 425. The predicted octanol–water partition coefficient (Wildman–Crippen LogP) is 0.230. The van der Waals surface area contributed by atoms with Crippen molar-refractivity contribution in [3.63, 3.8) is 0 Å². The molecule has 0 aromatic carbocycles. The summed E-state index contributed by atoms with van der Waals surface area (Å²) >= 11 is 0. The Morgan fingerprint density at radius 3 is 3.07 bits per heavy atom. The van der Waals surface area contributed by atoms with Crippen molar-refractivity contribution in [3.05, 3.63) is 42.4 Å². The highest BCUT2D eigenvalue weighted by Gasteiger charge is 2.18. The molecule has 0 fully saturated rings. The van der Waals surface area contributed by atoms with Gasteiger partial charge in [0.25, 0.3) is 0 Å². The SMILES string of the molecule is NC(=O)N1NC=CC=C1c1cccnn1. The monoisotopic (exact) mass is 203 g/mol. The van der Waals surface area contributed by atoms with Crippen LogP contribution in [0.2, 0.25) is 0 Å². The number of aromatic nitrogens is 2. The molecule has 76 valence electrons. The van der Waals surface area contributed by atoms with Gasteiger partial charge in [0.05, 0.1) is 5.70 Å². The maximum atomic E-state index is 11.1. The molecule has 6 nitrogen and oxygen atoms in total.